The molecule has 0 fully saturated rings. The predicted molar refractivity (Wildman–Crippen MR) is 50.1 cm³/mol. The highest BCUT2D eigenvalue weighted by molar-refractivity contribution is 5.47. The monoisotopic (exact) mass is 179 g/mol. The Hall–Kier alpha value is -1.22. The van der Waals surface area contributed by atoms with Gasteiger partial charge in [-0.2, -0.15) is 0 Å². The van der Waals surface area contributed by atoms with Crippen LogP contribution >= 0.6 is 0 Å². The second-order valence-electron chi connectivity index (χ2n) is 3.13. The van der Waals surface area contributed by atoms with E-state index in [1.54, 1.807) is 0 Å². The molecular formula is C10H13NO2. The lowest BCUT2D eigenvalue weighted by molar-refractivity contribution is 0.171. The van der Waals surface area contributed by atoms with Gasteiger partial charge in [-0.1, -0.05) is 0 Å². The lowest BCUT2D eigenvalue weighted by Crippen LogP contribution is -2.16. The molecule has 3 heteroatoms. The lowest BCUT2D eigenvalue weighted by Gasteiger charge is -2.19. The van der Waals surface area contributed by atoms with Crippen LogP contribution in [-0.4, -0.2) is 13.2 Å². The van der Waals surface area contributed by atoms with Gasteiger partial charge in [0.1, 0.15) is 13.2 Å². The number of nitrogens with two attached hydrogens (primary N) is 1. The van der Waals surface area contributed by atoms with E-state index in [4.69, 9.17) is 15.2 Å². The number of ether oxygens (including phenoxy) is 2. The van der Waals surface area contributed by atoms with Gasteiger partial charge in [0, 0.05) is 6.54 Å². The molecule has 2 rings (SSSR count). The Morgan fingerprint density at radius 3 is 2.46 bits per heavy atom. The van der Waals surface area contributed by atoms with Crippen LogP contribution in [0.25, 0.3) is 0 Å². The van der Waals surface area contributed by atoms with Crippen LogP contribution in [0.3, 0.4) is 0 Å². The van der Waals surface area contributed by atoms with E-state index < -0.39 is 0 Å². The summed E-state index contributed by atoms with van der Waals surface area (Å²) in [7, 11) is 0. The van der Waals surface area contributed by atoms with Crippen molar-refractivity contribution >= 4 is 0 Å². The average Bonchev–Trinajstić information content (AvgIpc) is 2.17. The van der Waals surface area contributed by atoms with Crippen molar-refractivity contribution < 1.29 is 9.47 Å². The molecule has 0 atom stereocenters. The van der Waals surface area contributed by atoms with Crippen molar-refractivity contribution in [1.29, 1.82) is 0 Å². The molecule has 0 amide bonds. The van der Waals surface area contributed by atoms with Crippen molar-refractivity contribution in [2.75, 3.05) is 13.2 Å². The molecule has 0 saturated carbocycles. The van der Waals surface area contributed by atoms with E-state index in [1.165, 1.54) is 0 Å². The topological polar surface area (TPSA) is 44.5 Å². The van der Waals surface area contributed by atoms with E-state index in [2.05, 4.69) is 0 Å². The Labute approximate surface area is 77.5 Å². The van der Waals surface area contributed by atoms with E-state index in [0.29, 0.717) is 19.8 Å². The first-order valence-electron chi connectivity index (χ1n) is 4.40. The van der Waals surface area contributed by atoms with E-state index in [1.807, 2.05) is 19.1 Å². The third-order valence-corrected chi connectivity index (χ3v) is 2.22. The second kappa shape index (κ2) is 3.26. The molecule has 1 heterocycles. The van der Waals surface area contributed by atoms with Crippen molar-refractivity contribution in [3.8, 4) is 11.5 Å². The van der Waals surface area contributed by atoms with Crippen LogP contribution in [0, 0.1) is 6.92 Å². The molecular weight excluding hydrogens is 166 g/mol. The van der Waals surface area contributed by atoms with Crippen LogP contribution in [0.2, 0.25) is 0 Å². The normalized spacial score (nSPS) is 14.3. The van der Waals surface area contributed by atoms with E-state index in [0.717, 1.165) is 22.6 Å². The van der Waals surface area contributed by atoms with Gasteiger partial charge in [-0.25, -0.2) is 0 Å². The fourth-order valence-corrected chi connectivity index (χ4v) is 1.45. The van der Waals surface area contributed by atoms with Gasteiger partial charge < -0.3 is 15.2 Å². The number of hydrogen-bond acceptors (Lipinski definition) is 3. The van der Waals surface area contributed by atoms with Gasteiger partial charge >= 0.3 is 0 Å². The van der Waals surface area contributed by atoms with Gasteiger partial charge in [0.25, 0.3) is 0 Å². The third-order valence-electron chi connectivity index (χ3n) is 2.22. The fraction of sp³-hybridized carbons (Fsp3) is 0.400. The van der Waals surface area contributed by atoms with Gasteiger partial charge in [0.05, 0.1) is 0 Å². The minimum Gasteiger partial charge on any atom is -0.486 e. The summed E-state index contributed by atoms with van der Waals surface area (Å²) in [4.78, 5) is 0. The summed E-state index contributed by atoms with van der Waals surface area (Å²) in [5.74, 6) is 1.65. The minimum atomic E-state index is 0.544. The second-order valence-corrected chi connectivity index (χ2v) is 3.13. The van der Waals surface area contributed by atoms with Crippen LogP contribution in [0.5, 0.6) is 11.5 Å². The third kappa shape index (κ3) is 1.47. The molecule has 0 unspecified atom stereocenters. The van der Waals surface area contributed by atoms with Crippen molar-refractivity contribution in [2.24, 2.45) is 5.73 Å². The summed E-state index contributed by atoms with van der Waals surface area (Å²) in [6.07, 6.45) is 0. The van der Waals surface area contributed by atoms with Crippen molar-refractivity contribution in [3.63, 3.8) is 0 Å². The number of fused-ring (bicyclic) bond motifs is 1. The van der Waals surface area contributed by atoms with Crippen LogP contribution in [0.4, 0.5) is 0 Å². The molecule has 1 aliphatic rings. The fourth-order valence-electron chi connectivity index (χ4n) is 1.45. The summed E-state index contributed by atoms with van der Waals surface area (Å²) >= 11 is 0. The highest BCUT2D eigenvalue weighted by Gasteiger charge is 2.12. The Balaban J connectivity index is 2.44. The average molecular weight is 179 g/mol. The Morgan fingerprint density at radius 1 is 1.23 bits per heavy atom. The molecule has 2 N–H and O–H groups in total. The first-order valence-corrected chi connectivity index (χ1v) is 4.40. The largest absolute Gasteiger partial charge is 0.486 e. The van der Waals surface area contributed by atoms with Gasteiger partial charge in [0.2, 0.25) is 0 Å². The summed E-state index contributed by atoms with van der Waals surface area (Å²) in [5.41, 5.74) is 7.86. The van der Waals surface area contributed by atoms with Crippen molar-refractivity contribution in [3.05, 3.63) is 23.3 Å². The summed E-state index contributed by atoms with van der Waals surface area (Å²) < 4.78 is 10.9. The lowest BCUT2D eigenvalue weighted by atomic mass is 10.1. The Bertz CT molecular complexity index is 323. The zero-order chi connectivity index (χ0) is 9.26. The molecule has 0 spiro atoms. The molecule has 0 bridgehead atoms. The predicted octanol–water partition coefficient (Wildman–Crippen LogP) is 1.22. The van der Waals surface area contributed by atoms with Gasteiger partial charge in [-0.15, -0.1) is 0 Å². The maximum absolute atomic E-state index is 5.59. The van der Waals surface area contributed by atoms with E-state index >= 15 is 0 Å². The molecule has 1 aliphatic heterocycles. The molecule has 0 aliphatic carbocycles. The van der Waals surface area contributed by atoms with E-state index in [-0.39, 0.29) is 0 Å². The highest BCUT2D eigenvalue weighted by atomic mass is 16.6. The van der Waals surface area contributed by atoms with Gasteiger partial charge in [0.15, 0.2) is 11.5 Å². The standard InChI is InChI=1S/C10H13NO2/c1-7-4-9-10(5-8(7)6-11)13-3-2-12-9/h4-5H,2-3,6,11H2,1H3. The smallest absolute Gasteiger partial charge is 0.161 e. The number of aryl methyl sites for hydroxylation is 1. The van der Waals surface area contributed by atoms with E-state index in [9.17, 15) is 0 Å². The first kappa shape index (κ1) is 8.38. The minimum absolute atomic E-state index is 0.544. The summed E-state index contributed by atoms with van der Waals surface area (Å²) in [6, 6.07) is 3.94. The molecule has 0 aromatic heterocycles. The summed E-state index contributed by atoms with van der Waals surface area (Å²) in [6.45, 7) is 3.83. The molecule has 1 aromatic carbocycles. The van der Waals surface area contributed by atoms with Crippen LogP contribution < -0.4 is 15.2 Å². The van der Waals surface area contributed by atoms with Crippen LogP contribution in [-0.2, 0) is 6.54 Å². The molecule has 70 valence electrons. The quantitative estimate of drug-likeness (QED) is 0.705. The maximum atomic E-state index is 5.59. The van der Waals surface area contributed by atoms with Crippen molar-refractivity contribution in [1.82, 2.24) is 0 Å². The van der Waals surface area contributed by atoms with Crippen LogP contribution in [0.15, 0.2) is 12.1 Å². The Kier molecular flexibility index (Phi) is 2.10. The van der Waals surface area contributed by atoms with Crippen molar-refractivity contribution in [2.45, 2.75) is 13.5 Å². The molecule has 3 nitrogen and oxygen atoms in total. The number of hydrogen-bond donors (Lipinski definition) is 1. The molecule has 0 radical (unpaired) electrons. The zero-order valence-electron chi connectivity index (χ0n) is 7.67. The zero-order valence-corrected chi connectivity index (χ0v) is 7.67. The SMILES string of the molecule is Cc1cc2c(cc1CN)OCCO2. The number of rotatable bonds is 1. The highest BCUT2D eigenvalue weighted by Crippen LogP contribution is 2.32. The number of benzene rings is 1. The van der Waals surface area contributed by atoms with Gasteiger partial charge in [-0.3, -0.25) is 0 Å². The molecule has 1 aromatic rings. The van der Waals surface area contributed by atoms with Crippen LogP contribution in [0.1, 0.15) is 11.1 Å². The Morgan fingerprint density at radius 2 is 1.85 bits per heavy atom. The van der Waals surface area contributed by atoms with Gasteiger partial charge in [-0.05, 0) is 30.2 Å². The maximum Gasteiger partial charge on any atom is 0.161 e. The first-order chi connectivity index (χ1) is 6.31. The molecule has 0 saturated heterocycles. The summed E-state index contributed by atoms with van der Waals surface area (Å²) in [5, 5.41) is 0. The molecule has 13 heavy (non-hydrogen) atoms.